The monoisotopic (exact) mass is 256 g/mol. The van der Waals surface area contributed by atoms with E-state index in [4.69, 9.17) is 9.47 Å². The van der Waals surface area contributed by atoms with Gasteiger partial charge in [0, 0.05) is 30.2 Å². The Kier molecular flexibility index (Phi) is 2.75. The smallest absolute Gasteiger partial charge is 0.258 e. The van der Waals surface area contributed by atoms with Crippen molar-refractivity contribution in [1.82, 2.24) is 19.4 Å². The Morgan fingerprint density at radius 2 is 1.89 bits per heavy atom. The highest BCUT2D eigenvalue weighted by Gasteiger charge is 2.10. The van der Waals surface area contributed by atoms with Crippen molar-refractivity contribution in [3.8, 4) is 23.0 Å². The van der Waals surface area contributed by atoms with Gasteiger partial charge < -0.3 is 9.47 Å². The Balaban J connectivity index is 2.14. The van der Waals surface area contributed by atoms with Crippen LogP contribution in [0, 0.1) is 0 Å². The summed E-state index contributed by atoms with van der Waals surface area (Å²) in [7, 11) is 3.17. The van der Waals surface area contributed by atoms with E-state index in [0.29, 0.717) is 17.4 Å². The topological polar surface area (TPSA) is 61.5 Å². The van der Waals surface area contributed by atoms with E-state index in [9.17, 15) is 0 Å². The maximum absolute atomic E-state index is 5.18. The number of pyridine rings is 1. The second kappa shape index (κ2) is 4.56. The van der Waals surface area contributed by atoms with Crippen LogP contribution in [0.15, 0.2) is 36.9 Å². The molecule has 0 saturated carbocycles. The third-order valence-electron chi connectivity index (χ3n) is 2.83. The van der Waals surface area contributed by atoms with Crippen molar-refractivity contribution in [3.05, 3.63) is 36.9 Å². The minimum absolute atomic E-state index is 0.496. The van der Waals surface area contributed by atoms with Crippen LogP contribution >= 0.6 is 0 Å². The van der Waals surface area contributed by atoms with Crippen LogP contribution in [0.3, 0.4) is 0 Å². The summed E-state index contributed by atoms with van der Waals surface area (Å²) in [5.41, 5.74) is 2.54. The number of aromatic nitrogens is 4. The molecule has 0 N–H and O–H groups in total. The minimum atomic E-state index is 0.496. The van der Waals surface area contributed by atoms with Crippen molar-refractivity contribution in [1.29, 1.82) is 0 Å². The molecule has 0 aliphatic carbocycles. The number of hydrogen-bond donors (Lipinski definition) is 0. The normalized spacial score (nSPS) is 10.6. The summed E-state index contributed by atoms with van der Waals surface area (Å²) in [5, 5.41) is 0. The van der Waals surface area contributed by atoms with Crippen molar-refractivity contribution in [2.75, 3.05) is 14.2 Å². The highest BCUT2D eigenvalue weighted by molar-refractivity contribution is 5.65. The highest BCUT2D eigenvalue weighted by Crippen LogP contribution is 2.24. The van der Waals surface area contributed by atoms with E-state index in [1.54, 1.807) is 32.8 Å². The molecule has 19 heavy (non-hydrogen) atoms. The number of hydrogen-bond acceptors (Lipinski definition) is 5. The zero-order chi connectivity index (χ0) is 13.2. The summed E-state index contributed by atoms with van der Waals surface area (Å²) in [6, 6.07) is 3.75. The molecule has 6 nitrogen and oxygen atoms in total. The molecule has 3 rings (SSSR count). The van der Waals surface area contributed by atoms with Gasteiger partial charge in [-0.05, 0) is 6.07 Å². The summed E-state index contributed by atoms with van der Waals surface area (Å²) in [5.74, 6) is 1.08. The van der Waals surface area contributed by atoms with Gasteiger partial charge in [-0.1, -0.05) is 0 Å². The van der Waals surface area contributed by atoms with Crippen LogP contribution in [0.4, 0.5) is 0 Å². The van der Waals surface area contributed by atoms with Crippen LogP contribution in [0.25, 0.3) is 16.9 Å². The Hall–Kier alpha value is -2.63. The summed E-state index contributed by atoms with van der Waals surface area (Å²) < 4.78 is 12.1. The molecule has 3 heterocycles. The maximum Gasteiger partial charge on any atom is 0.258 e. The molecule has 3 aromatic heterocycles. The van der Waals surface area contributed by atoms with Crippen molar-refractivity contribution >= 4 is 5.65 Å². The Morgan fingerprint density at radius 3 is 2.58 bits per heavy atom. The molecule has 0 aromatic carbocycles. The molecule has 96 valence electrons. The molecule has 6 heteroatoms. The first-order valence-electron chi connectivity index (χ1n) is 5.70. The summed E-state index contributed by atoms with van der Waals surface area (Å²) in [6.45, 7) is 0. The fourth-order valence-electron chi connectivity index (χ4n) is 1.91. The van der Waals surface area contributed by atoms with Crippen LogP contribution in [0.5, 0.6) is 11.8 Å². The maximum atomic E-state index is 5.18. The van der Waals surface area contributed by atoms with Gasteiger partial charge in [0.15, 0.2) is 0 Å². The molecule has 0 fully saturated rings. The van der Waals surface area contributed by atoms with Crippen LogP contribution in [0.1, 0.15) is 0 Å². The number of rotatable bonds is 3. The van der Waals surface area contributed by atoms with Crippen molar-refractivity contribution in [3.63, 3.8) is 0 Å². The average Bonchev–Trinajstić information content (AvgIpc) is 2.91. The first-order chi connectivity index (χ1) is 9.33. The fraction of sp³-hybridized carbons (Fsp3) is 0.154. The van der Waals surface area contributed by atoms with E-state index in [2.05, 4.69) is 15.0 Å². The van der Waals surface area contributed by atoms with Crippen LogP contribution in [-0.2, 0) is 0 Å². The summed E-state index contributed by atoms with van der Waals surface area (Å²) >= 11 is 0. The predicted molar refractivity (Wildman–Crippen MR) is 69.3 cm³/mol. The molecule has 0 saturated heterocycles. The van der Waals surface area contributed by atoms with Gasteiger partial charge in [-0.25, -0.2) is 15.0 Å². The molecule has 0 bridgehead atoms. The van der Waals surface area contributed by atoms with Crippen LogP contribution < -0.4 is 9.47 Å². The Morgan fingerprint density at radius 1 is 1.00 bits per heavy atom. The number of ether oxygens (including phenoxy) is 2. The molecule has 0 radical (unpaired) electrons. The quantitative estimate of drug-likeness (QED) is 0.715. The molecule has 0 spiro atoms. The van der Waals surface area contributed by atoms with Gasteiger partial charge >= 0.3 is 0 Å². The average molecular weight is 256 g/mol. The zero-order valence-electron chi connectivity index (χ0n) is 10.6. The largest absolute Gasteiger partial charge is 0.481 e. The second-order valence-electron chi connectivity index (χ2n) is 3.86. The Bertz CT molecular complexity index is 706. The first-order valence-corrected chi connectivity index (χ1v) is 5.70. The highest BCUT2D eigenvalue weighted by atomic mass is 16.5. The van der Waals surface area contributed by atoms with Crippen LogP contribution in [-0.4, -0.2) is 33.6 Å². The van der Waals surface area contributed by atoms with E-state index >= 15 is 0 Å². The number of nitrogens with zero attached hydrogens (tertiary/aromatic N) is 4. The van der Waals surface area contributed by atoms with E-state index < -0.39 is 0 Å². The standard InChI is InChI=1S/C13H12N4O2/c1-18-11-4-3-9(7-15-11)10-8-16-12-13(19-2)14-5-6-17(10)12/h3-8H,1-2H3. The van der Waals surface area contributed by atoms with Gasteiger partial charge in [0.2, 0.25) is 11.5 Å². The van der Waals surface area contributed by atoms with E-state index in [1.807, 2.05) is 22.7 Å². The second-order valence-corrected chi connectivity index (χ2v) is 3.86. The van der Waals surface area contributed by atoms with Gasteiger partial charge in [-0.3, -0.25) is 4.40 Å². The van der Waals surface area contributed by atoms with Crippen LogP contribution in [0.2, 0.25) is 0 Å². The minimum Gasteiger partial charge on any atom is -0.481 e. The summed E-state index contributed by atoms with van der Waals surface area (Å²) in [4.78, 5) is 12.6. The third-order valence-corrected chi connectivity index (χ3v) is 2.83. The third kappa shape index (κ3) is 1.87. The van der Waals surface area contributed by atoms with E-state index in [-0.39, 0.29) is 0 Å². The van der Waals surface area contributed by atoms with E-state index in [1.165, 1.54) is 0 Å². The summed E-state index contributed by atoms with van der Waals surface area (Å²) in [6.07, 6.45) is 7.02. The van der Waals surface area contributed by atoms with Gasteiger partial charge in [0.05, 0.1) is 26.1 Å². The SMILES string of the molecule is COc1ccc(-c2cnc3c(OC)nccn23)cn1. The number of fused-ring (bicyclic) bond motifs is 1. The molecular weight excluding hydrogens is 244 g/mol. The molecule has 0 unspecified atom stereocenters. The molecule has 0 atom stereocenters. The van der Waals surface area contributed by atoms with Crippen molar-refractivity contribution in [2.24, 2.45) is 0 Å². The fourth-order valence-corrected chi connectivity index (χ4v) is 1.91. The molecule has 0 aliphatic heterocycles. The van der Waals surface area contributed by atoms with E-state index in [0.717, 1.165) is 11.3 Å². The lowest BCUT2D eigenvalue weighted by molar-refractivity contribution is 0.398. The Labute approximate surface area is 109 Å². The van der Waals surface area contributed by atoms with Gasteiger partial charge in [-0.2, -0.15) is 0 Å². The predicted octanol–water partition coefficient (Wildman–Crippen LogP) is 1.81. The van der Waals surface area contributed by atoms with Gasteiger partial charge in [-0.15, -0.1) is 0 Å². The number of methoxy groups -OCH3 is 2. The van der Waals surface area contributed by atoms with Gasteiger partial charge in [0.25, 0.3) is 5.88 Å². The molecule has 3 aromatic rings. The molecule has 0 aliphatic rings. The first kappa shape index (κ1) is 11.5. The lowest BCUT2D eigenvalue weighted by Gasteiger charge is -2.04. The lowest BCUT2D eigenvalue weighted by Crippen LogP contribution is -1.95. The van der Waals surface area contributed by atoms with Crippen molar-refractivity contribution in [2.45, 2.75) is 0 Å². The number of imidazole rings is 1. The lowest BCUT2D eigenvalue weighted by atomic mass is 10.2. The van der Waals surface area contributed by atoms with Crippen molar-refractivity contribution < 1.29 is 9.47 Å². The molecule has 0 amide bonds. The molecular formula is C13H12N4O2. The van der Waals surface area contributed by atoms with Gasteiger partial charge in [0.1, 0.15) is 0 Å². The zero-order valence-corrected chi connectivity index (χ0v) is 10.6.